The van der Waals surface area contributed by atoms with Gasteiger partial charge in [-0.3, -0.25) is 4.79 Å². The minimum Gasteiger partial charge on any atom is -0.395 e. The summed E-state index contributed by atoms with van der Waals surface area (Å²) < 4.78 is 0. The Labute approximate surface area is 149 Å². The Morgan fingerprint density at radius 1 is 1.28 bits per heavy atom. The second-order valence-electron chi connectivity index (χ2n) is 6.48. The third-order valence-corrected chi connectivity index (χ3v) is 4.55. The van der Waals surface area contributed by atoms with Crippen molar-refractivity contribution < 1.29 is 14.7 Å². The molecule has 1 unspecified atom stereocenters. The Hall–Kier alpha value is -2.08. The molecule has 1 heterocycles. The zero-order valence-corrected chi connectivity index (χ0v) is 15.0. The van der Waals surface area contributed by atoms with Gasteiger partial charge in [-0.1, -0.05) is 31.5 Å². The predicted molar refractivity (Wildman–Crippen MR) is 98.3 cm³/mol. The molecule has 1 atom stereocenters. The number of nitrogens with zero attached hydrogens (tertiary/aromatic N) is 2. The Bertz CT molecular complexity index is 550. The molecule has 0 bridgehead atoms. The summed E-state index contributed by atoms with van der Waals surface area (Å²) in [6, 6.07) is 9.18. The third-order valence-electron chi connectivity index (χ3n) is 4.55. The first-order valence-electron chi connectivity index (χ1n) is 9.16. The average Bonchev–Trinajstić information content (AvgIpc) is 2.65. The van der Waals surface area contributed by atoms with Gasteiger partial charge in [0.2, 0.25) is 5.91 Å². The monoisotopic (exact) mass is 347 g/mol. The number of unbranched alkanes of at least 4 members (excludes halogenated alkanes) is 1. The maximum atomic E-state index is 12.8. The lowest BCUT2D eigenvalue weighted by atomic mass is 9.96. The van der Waals surface area contributed by atoms with Crippen LogP contribution < -0.4 is 5.32 Å². The van der Waals surface area contributed by atoms with E-state index in [0.717, 1.165) is 31.4 Å². The number of para-hydroxylation sites is 1. The Balaban J connectivity index is 1.94. The molecule has 1 aromatic rings. The van der Waals surface area contributed by atoms with E-state index < -0.39 is 0 Å². The summed E-state index contributed by atoms with van der Waals surface area (Å²) >= 11 is 0. The molecule has 1 aliphatic rings. The van der Waals surface area contributed by atoms with Crippen LogP contribution in [0.25, 0.3) is 0 Å². The largest absolute Gasteiger partial charge is 0.395 e. The van der Waals surface area contributed by atoms with Crippen molar-refractivity contribution in [1.82, 2.24) is 9.80 Å². The molecule has 138 valence electrons. The fourth-order valence-electron chi connectivity index (χ4n) is 3.15. The highest BCUT2D eigenvalue weighted by Crippen LogP contribution is 2.20. The van der Waals surface area contributed by atoms with Crippen LogP contribution in [0.15, 0.2) is 30.3 Å². The molecule has 1 fully saturated rings. The Morgan fingerprint density at radius 3 is 2.72 bits per heavy atom. The van der Waals surface area contributed by atoms with Crippen molar-refractivity contribution in [3.8, 4) is 0 Å². The quantitative estimate of drug-likeness (QED) is 0.796. The fraction of sp³-hybridized carbons (Fsp3) is 0.579. The van der Waals surface area contributed by atoms with Gasteiger partial charge < -0.3 is 20.2 Å². The molecule has 1 saturated heterocycles. The van der Waals surface area contributed by atoms with E-state index in [2.05, 4.69) is 12.2 Å². The Morgan fingerprint density at radius 2 is 2.04 bits per heavy atom. The van der Waals surface area contributed by atoms with E-state index in [0.29, 0.717) is 26.2 Å². The van der Waals surface area contributed by atoms with E-state index in [1.165, 1.54) is 0 Å². The fourth-order valence-corrected chi connectivity index (χ4v) is 3.15. The van der Waals surface area contributed by atoms with Crippen LogP contribution in [0.5, 0.6) is 0 Å². The number of benzene rings is 1. The maximum Gasteiger partial charge on any atom is 0.321 e. The molecule has 1 aliphatic heterocycles. The number of amides is 3. The van der Waals surface area contributed by atoms with Crippen molar-refractivity contribution in [2.24, 2.45) is 5.92 Å². The zero-order valence-electron chi connectivity index (χ0n) is 15.0. The van der Waals surface area contributed by atoms with Gasteiger partial charge in [-0.25, -0.2) is 4.79 Å². The first-order chi connectivity index (χ1) is 12.2. The normalized spacial score (nSPS) is 17.2. The van der Waals surface area contributed by atoms with Gasteiger partial charge in [0, 0.05) is 31.9 Å². The van der Waals surface area contributed by atoms with Gasteiger partial charge in [0.15, 0.2) is 0 Å². The highest BCUT2D eigenvalue weighted by Gasteiger charge is 2.31. The van der Waals surface area contributed by atoms with E-state index >= 15 is 0 Å². The van der Waals surface area contributed by atoms with E-state index in [1.54, 1.807) is 9.80 Å². The van der Waals surface area contributed by atoms with Gasteiger partial charge >= 0.3 is 6.03 Å². The van der Waals surface area contributed by atoms with E-state index in [4.69, 9.17) is 0 Å². The van der Waals surface area contributed by atoms with Gasteiger partial charge in [0.05, 0.1) is 12.5 Å². The minimum absolute atomic E-state index is 0.0274. The first-order valence-corrected chi connectivity index (χ1v) is 9.16. The average molecular weight is 347 g/mol. The summed E-state index contributed by atoms with van der Waals surface area (Å²) in [6.45, 7) is 4.19. The molecule has 2 rings (SSSR count). The molecule has 6 heteroatoms. The van der Waals surface area contributed by atoms with Gasteiger partial charge in [-0.05, 0) is 31.4 Å². The number of hydrogen-bond acceptors (Lipinski definition) is 3. The number of anilines is 1. The van der Waals surface area contributed by atoms with Crippen LogP contribution in [0.1, 0.15) is 32.6 Å². The number of aliphatic hydroxyl groups excluding tert-OH is 1. The molecule has 0 aromatic heterocycles. The van der Waals surface area contributed by atoms with Crippen LogP contribution in [0, 0.1) is 5.92 Å². The van der Waals surface area contributed by atoms with Gasteiger partial charge in [-0.15, -0.1) is 0 Å². The lowest BCUT2D eigenvalue weighted by Gasteiger charge is -2.35. The van der Waals surface area contributed by atoms with Crippen molar-refractivity contribution in [2.75, 3.05) is 38.1 Å². The number of likely N-dealkylation sites (tertiary alicyclic amines) is 1. The number of nitrogens with one attached hydrogen (secondary N) is 1. The van der Waals surface area contributed by atoms with E-state index in [-0.39, 0.29) is 24.5 Å². The molecular weight excluding hydrogens is 318 g/mol. The van der Waals surface area contributed by atoms with Crippen molar-refractivity contribution in [3.05, 3.63) is 30.3 Å². The summed E-state index contributed by atoms with van der Waals surface area (Å²) in [4.78, 5) is 28.7. The molecule has 0 saturated carbocycles. The maximum absolute atomic E-state index is 12.8. The van der Waals surface area contributed by atoms with Crippen molar-refractivity contribution in [3.63, 3.8) is 0 Å². The number of rotatable bonds is 7. The highest BCUT2D eigenvalue weighted by atomic mass is 16.3. The lowest BCUT2D eigenvalue weighted by Crippen LogP contribution is -2.48. The minimum atomic E-state index is -0.182. The van der Waals surface area contributed by atoms with E-state index in [9.17, 15) is 14.7 Å². The van der Waals surface area contributed by atoms with Crippen LogP contribution >= 0.6 is 0 Å². The number of carbonyl (C=O) groups is 2. The summed E-state index contributed by atoms with van der Waals surface area (Å²) in [5.41, 5.74) is 0.755. The SMILES string of the molecule is CCCCN(CCO)C(=O)C1CCCN(C(=O)Nc2ccccc2)C1. The molecule has 0 radical (unpaired) electrons. The molecule has 0 spiro atoms. The zero-order chi connectivity index (χ0) is 18.1. The van der Waals surface area contributed by atoms with Gasteiger partial charge in [0.1, 0.15) is 0 Å². The second-order valence-corrected chi connectivity index (χ2v) is 6.48. The standard InChI is InChI=1S/C19H29N3O3/c1-2-3-11-21(13-14-23)18(24)16-8-7-12-22(15-16)19(25)20-17-9-5-4-6-10-17/h4-6,9-10,16,23H,2-3,7-8,11-15H2,1H3,(H,20,25). The van der Waals surface area contributed by atoms with Gasteiger partial charge in [-0.2, -0.15) is 0 Å². The first kappa shape index (κ1) is 19.2. The number of aliphatic hydroxyl groups is 1. The lowest BCUT2D eigenvalue weighted by molar-refractivity contribution is -0.137. The summed E-state index contributed by atoms with van der Waals surface area (Å²) in [5, 5.41) is 12.1. The summed E-state index contributed by atoms with van der Waals surface area (Å²) in [6.07, 6.45) is 3.55. The van der Waals surface area contributed by atoms with Crippen molar-refractivity contribution in [2.45, 2.75) is 32.6 Å². The van der Waals surface area contributed by atoms with Crippen molar-refractivity contribution >= 4 is 17.6 Å². The predicted octanol–water partition coefficient (Wildman–Crippen LogP) is 2.55. The number of urea groups is 1. The molecule has 0 aliphatic carbocycles. The summed E-state index contributed by atoms with van der Waals surface area (Å²) in [7, 11) is 0. The number of hydrogen-bond donors (Lipinski definition) is 2. The van der Waals surface area contributed by atoms with Crippen LogP contribution in [-0.2, 0) is 4.79 Å². The van der Waals surface area contributed by atoms with Gasteiger partial charge in [0.25, 0.3) is 0 Å². The molecule has 1 aromatic carbocycles. The topological polar surface area (TPSA) is 72.9 Å². The van der Waals surface area contributed by atoms with Crippen LogP contribution in [-0.4, -0.2) is 59.6 Å². The van der Waals surface area contributed by atoms with Crippen LogP contribution in [0.3, 0.4) is 0 Å². The summed E-state index contributed by atoms with van der Waals surface area (Å²) in [5.74, 6) is -0.126. The van der Waals surface area contributed by atoms with Crippen molar-refractivity contribution in [1.29, 1.82) is 0 Å². The third kappa shape index (κ3) is 5.74. The molecular formula is C19H29N3O3. The molecule has 6 nitrogen and oxygen atoms in total. The van der Waals surface area contributed by atoms with Crippen LogP contribution in [0.4, 0.5) is 10.5 Å². The van der Waals surface area contributed by atoms with E-state index in [1.807, 2.05) is 30.3 Å². The molecule has 25 heavy (non-hydrogen) atoms. The number of carbonyl (C=O) groups excluding carboxylic acids is 2. The highest BCUT2D eigenvalue weighted by molar-refractivity contribution is 5.90. The second kappa shape index (κ2) is 10.0. The Kier molecular flexibility index (Phi) is 7.73. The smallest absolute Gasteiger partial charge is 0.321 e. The van der Waals surface area contributed by atoms with Crippen LogP contribution in [0.2, 0.25) is 0 Å². The number of piperidine rings is 1. The molecule has 3 amide bonds. The molecule has 2 N–H and O–H groups in total.